The Labute approximate surface area is 112 Å². The summed E-state index contributed by atoms with van der Waals surface area (Å²) in [5, 5.41) is 0. The zero-order chi connectivity index (χ0) is 13.8. The number of hydrogen-bond acceptors (Lipinski definition) is 6. The molecule has 1 aromatic heterocycles. The van der Waals surface area contributed by atoms with Gasteiger partial charge in [-0.1, -0.05) is 0 Å². The van der Waals surface area contributed by atoms with Gasteiger partial charge in [0, 0.05) is 6.54 Å². The van der Waals surface area contributed by atoms with E-state index in [1.807, 2.05) is 4.90 Å². The molecule has 0 saturated carbocycles. The van der Waals surface area contributed by atoms with Crippen LogP contribution in [0.2, 0.25) is 0 Å². The van der Waals surface area contributed by atoms with E-state index < -0.39 is 0 Å². The van der Waals surface area contributed by atoms with Gasteiger partial charge in [0.1, 0.15) is 0 Å². The van der Waals surface area contributed by atoms with Crippen LogP contribution in [0.4, 0.5) is 5.95 Å². The van der Waals surface area contributed by atoms with Gasteiger partial charge in [-0.2, -0.15) is 9.97 Å². The van der Waals surface area contributed by atoms with Crippen LogP contribution >= 0.6 is 0 Å². The van der Waals surface area contributed by atoms with E-state index in [9.17, 15) is 4.79 Å². The van der Waals surface area contributed by atoms with Gasteiger partial charge in [0.2, 0.25) is 17.7 Å². The minimum absolute atomic E-state index is 0.144. The molecule has 1 aliphatic heterocycles. The van der Waals surface area contributed by atoms with E-state index >= 15 is 0 Å². The summed E-state index contributed by atoms with van der Waals surface area (Å²) in [4.78, 5) is 22.3. The molecule has 1 saturated heterocycles. The van der Waals surface area contributed by atoms with Crippen LogP contribution in [-0.4, -0.2) is 42.6 Å². The minimum atomic E-state index is -0.148. The molecule has 0 aliphatic carbocycles. The molecule has 2 rings (SSSR count). The lowest BCUT2D eigenvalue weighted by Crippen LogP contribution is -2.44. The van der Waals surface area contributed by atoms with Gasteiger partial charge >= 0.3 is 0 Å². The second kappa shape index (κ2) is 5.86. The normalized spacial score (nSPS) is 19.1. The highest BCUT2D eigenvalue weighted by atomic mass is 16.5. The Balaban J connectivity index is 2.35. The lowest BCUT2D eigenvalue weighted by atomic mass is 10.00. The molecular formula is C13H19N3O3. The molecule has 1 atom stereocenters. The number of hydrogen-bond donors (Lipinski definition) is 0. The molecule has 0 bridgehead atoms. The average molecular weight is 265 g/mol. The van der Waals surface area contributed by atoms with E-state index in [4.69, 9.17) is 9.47 Å². The first kappa shape index (κ1) is 13.6. The minimum Gasteiger partial charge on any atom is -0.481 e. The van der Waals surface area contributed by atoms with Crippen LogP contribution in [0.15, 0.2) is 6.07 Å². The second-order valence-corrected chi connectivity index (χ2v) is 4.57. The summed E-state index contributed by atoms with van der Waals surface area (Å²) in [6.07, 6.45) is 2.94. The van der Waals surface area contributed by atoms with Crippen molar-refractivity contribution in [2.24, 2.45) is 0 Å². The van der Waals surface area contributed by atoms with Crippen LogP contribution in [0.5, 0.6) is 11.8 Å². The lowest BCUT2D eigenvalue weighted by molar-refractivity contribution is -0.118. The van der Waals surface area contributed by atoms with Crippen molar-refractivity contribution in [2.75, 3.05) is 25.7 Å². The van der Waals surface area contributed by atoms with Crippen molar-refractivity contribution in [1.29, 1.82) is 0 Å². The van der Waals surface area contributed by atoms with Crippen molar-refractivity contribution in [1.82, 2.24) is 9.97 Å². The number of anilines is 1. The third-order valence-electron chi connectivity index (χ3n) is 3.31. The Kier molecular flexibility index (Phi) is 4.19. The van der Waals surface area contributed by atoms with Gasteiger partial charge in [-0.25, -0.2) is 0 Å². The molecule has 0 aromatic carbocycles. The number of ether oxygens (including phenoxy) is 2. The van der Waals surface area contributed by atoms with E-state index in [1.54, 1.807) is 27.2 Å². The van der Waals surface area contributed by atoms with Crippen LogP contribution in [0.25, 0.3) is 0 Å². The van der Waals surface area contributed by atoms with E-state index in [-0.39, 0.29) is 11.8 Å². The maximum Gasteiger partial charge on any atom is 0.232 e. The quantitative estimate of drug-likeness (QED) is 0.821. The fraction of sp³-hybridized carbons (Fsp3) is 0.615. The average Bonchev–Trinajstić information content (AvgIpc) is 2.46. The molecule has 0 N–H and O–H groups in total. The summed E-state index contributed by atoms with van der Waals surface area (Å²) in [6, 6.07) is 1.47. The summed E-state index contributed by atoms with van der Waals surface area (Å²) < 4.78 is 10.3. The van der Waals surface area contributed by atoms with E-state index in [2.05, 4.69) is 9.97 Å². The number of methoxy groups -OCH3 is 2. The van der Waals surface area contributed by atoms with Crippen molar-refractivity contribution in [2.45, 2.75) is 32.2 Å². The predicted octanol–water partition coefficient (Wildman–Crippen LogP) is 1.44. The summed E-state index contributed by atoms with van der Waals surface area (Å²) in [6.45, 7) is 2.39. The van der Waals surface area contributed by atoms with Crippen LogP contribution in [0.1, 0.15) is 26.2 Å². The Morgan fingerprint density at radius 1 is 1.26 bits per heavy atom. The van der Waals surface area contributed by atoms with Gasteiger partial charge in [-0.05, 0) is 26.2 Å². The number of carbonyl (C=O) groups is 1. The van der Waals surface area contributed by atoms with Gasteiger partial charge in [0.15, 0.2) is 5.78 Å². The molecular weight excluding hydrogens is 246 g/mol. The Morgan fingerprint density at radius 2 is 1.89 bits per heavy atom. The van der Waals surface area contributed by atoms with Crippen LogP contribution in [0.3, 0.4) is 0 Å². The highest BCUT2D eigenvalue weighted by molar-refractivity contribution is 5.84. The van der Waals surface area contributed by atoms with Crippen molar-refractivity contribution in [3.63, 3.8) is 0 Å². The maximum absolute atomic E-state index is 11.7. The standard InChI is InChI=1S/C13H19N3O3/c1-9(17)10-6-4-5-7-16(10)13-14-11(18-2)8-12(15-13)19-3/h8,10H,4-7H2,1-3H3. The first-order chi connectivity index (χ1) is 9.15. The van der Waals surface area contributed by atoms with E-state index in [0.29, 0.717) is 17.7 Å². The fourth-order valence-electron chi connectivity index (χ4n) is 2.32. The number of aromatic nitrogens is 2. The Morgan fingerprint density at radius 3 is 2.42 bits per heavy atom. The number of rotatable bonds is 4. The zero-order valence-corrected chi connectivity index (χ0v) is 11.5. The van der Waals surface area contributed by atoms with Crippen LogP contribution < -0.4 is 14.4 Å². The number of Topliss-reactive ketones (excluding diaryl/α,β-unsaturated/α-hetero) is 1. The van der Waals surface area contributed by atoms with Gasteiger partial charge in [0.05, 0.1) is 26.3 Å². The number of nitrogens with zero attached hydrogens (tertiary/aromatic N) is 3. The second-order valence-electron chi connectivity index (χ2n) is 4.57. The molecule has 6 nitrogen and oxygen atoms in total. The Hall–Kier alpha value is -1.85. The molecule has 1 aromatic rings. The molecule has 1 fully saturated rings. The van der Waals surface area contributed by atoms with E-state index in [0.717, 1.165) is 25.8 Å². The fourth-order valence-corrected chi connectivity index (χ4v) is 2.32. The summed E-state index contributed by atoms with van der Waals surface area (Å²) >= 11 is 0. The van der Waals surface area contributed by atoms with Crippen molar-refractivity contribution in [3.8, 4) is 11.8 Å². The Bertz CT molecular complexity index is 442. The van der Waals surface area contributed by atoms with Gasteiger partial charge in [-0.3, -0.25) is 4.79 Å². The lowest BCUT2D eigenvalue weighted by Gasteiger charge is -2.34. The topological polar surface area (TPSA) is 64.6 Å². The van der Waals surface area contributed by atoms with Gasteiger partial charge in [0.25, 0.3) is 0 Å². The van der Waals surface area contributed by atoms with Crippen molar-refractivity contribution >= 4 is 11.7 Å². The molecule has 1 aliphatic rings. The summed E-state index contributed by atoms with van der Waals surface area (Å²) in [7, 11) is 3.09. The largest absolute Gasteiger partial charge is 0.481 e. The molecule has 19 heavy (non-hydrogen) atoms. The summed E-state index contributed by atoms with van der Waals surface area (Å²) in [5.74, 6) is 1.52. The molecule has 0 amide bonds. The molecule has 1 unspecified atom stereocenters. The SMILES string of the molecule is COc1cc(OC)nc(N2CCCCC2C(C)=O)n1. The van der Waals surface area contributed by atoms with Gasteiger partial charge in [-0.15, -0.1) is 0 Å². The summed E-state index contributed by atoms with van der Waals surface area (Å²) in [5.41, 5.74) is 0. The third-order valence-corrected chi connectivity index (χ3v) is 3.31. The van der Waals surface area contributed by atoms with Crippen LogP contribution in [0, 0.1) is 0 Å². The molecule has 2 heterocycles. The van der Waals surface area contributed by atoms with Gasteiger partial charge < -0.3 is 14.4 Å². The smallest absolute Gasteiger partial charge is 0.232 e. The monoisotopic (exact) mass is 265 g/mol. The predicted molar refractivity (Wildman–Crippen MR) is 70.8 cm³/mol. The third kappa shape index (κ3) is 2.94. The molecule has 0 radical (unpaired) electrons. The molecule has 104 valence electrons. The highest BCUT2D eigenvalue weighted by Gasteiger charge is 2.28. The first-order valence-corrected chi connectivity index (χ1v) is 6.40. The number of ketones is 1. The zero-order valence-electron chi connectivity index (χ0n) is 11.5. The van der Waals surface area contributed by atoms with Crippen molar-refractivity contribution < 1.29 is 14.3 Å². The molecule has 0 spiro atoms. The number of piperidine rings is 1. The van der Waals surface area contributed by atoms with E-state index in [1.165, 1.54) is 0 Å². The van der Waals surface area contributed by atoms with Crippen LogP contribution in [-0.2, 0) is 4.79 Å². The first-order valence-electron chi connectivity index (χ1n) is 6.40. The maximum atomic E-state index is 11.7. The highest BCUT2D eigenvalue weighted by Crippen LogP contribution is 2.26. The van der Waals surface area contributed by atoms with Crippen molar-refractivity contribution in [3.05, 3.63) is 6.07 Å². The number of carbonyl (C=O) groups excluding carboxylic acids is 1. The molecule has 6 heteroatoms.